The lowest BCUT2D eigenvalue weighted by Gasteiger charge is -2.18. The highest BCUT2D eigenvalue weighted by molar-refractivity contribution is 9.10. The van der Waals surface area contributed by atoms with Gasteiger partial charge in [0.15, 0.2) is 11.5 Å². The molecule has 0 saturated heterocycles. The second-order valence-corrected chi connectivity index (χ2v) is 6.38. The molecule has 0 aliphatic heterocycles. The van der Waals surface area contributed by atoms with Crippen LogP contribution in [0.15, 0.2) is 16.6 Å². The standard InChI is InChI=1S/C16H26BrNO2/c1-6-19-15-8-13(10-18-9-11(2)3)7-14(17)16(15)20-12(4)5/h7-8,11-12,18H,6,9-10H2,1-5H3. The number of ether oxygens (including phenoxy) is 2. The minimum atomic E-state index is 0.121. The van der Waals surface area contributed by atoms with E-state index in [0.29, 0.717) is 12.5 Å². The predicted molar refractivity (Wildman–Crippen MR) is 87.6 cm³/mol. The molecule has 0 aromatic heterocycles. The maximum Gasteiger partial charge on any atom is 0.175 e. The van der Waals surface area contributed by atoms with Gasteiger partial charge in [0.25, 0.3) is 0 Å². The van der Waals surface area contributed by atoms with Crippen molar-refractivity contribution in [2.24, 2.45) is 5.92 Å². The van der Waals surface area contributed by atoms with Crippen LogP contribution in [0.2, 0.25) is 0 Å². The molecule has 4 heteroatoms. The molecule has 3 nitrogen and oxygen atoms in total. The fraction of sp³-hybridized carbons (Fsp3) is 0.625. The fourth-order valence-corrected chi connectivity index (χ4v) is 2.42. The van der Waals surface area contributed by atoms with Gasteiger partial charge in [-0.3, -0.25) is 0 Å². The molecular formula is C16H26BrNO2. The Balaban J connectivity index is 2.88. The first-order chi connectivity index (χ1) is 9.43. The molecule has 1 N–H and O–H groups in total. The molecule has 1 aromatic carbocycles. The summed E-state index contributed by atoms with van der Waals surface area (Å²) >= 11 is 3.58. The Morgan fingerprint density at radius 1 is 1.20 bits per heavy atom. The SMILES string of the molecule is CCOc1cc(CNCC(C)C)cc(Br)c1OC(C)C. The summed E-state index contributed by atoms with van der Waals surface area (Å²) in [6, 6.07) is 4.15. The van der Waals surface area contributed by atoms with Crippen molar-refractivity contribution in [1.82, 2.24) is 5.32 Å². The van der Waals surface area contributed by atoms with Crippen LogP contribution in [-0.4, -0.2) is 19.3 Å². The largest absolute Gasteiger partial charge is 0.490 e. The third-order valence-corrected chi connectivity index (χ3v) is 3.19. The summed E-state index contributed by atoms with van der Waals surface area (Å²) < 4.78 is 12.5. The minimum absolute atomic E-state index is 0.121. The van der Waals surface area contributed by atoms with Gasteiger partial charge in [-0.05, 0) is 66.9 Å². The third-order valence-electron chi connectivity index (χ3n) is 2.60. The smallest absolute Gasteiger partial charge is 0.175 e. The van der Waals surface area contributed by atoms with Crippen LogP contribution in [-0.2, 0) is 6.54 Å². The van der Waals surface area contributed by atoms with Crippen molar-refractivity contribution in [3.8, 4) is 11.5 Å². The van der Waals surface area contributed by atoms with Crippen LogP contribution in [0, 0.1) is 5.92 Å². The Morgan fingerprint density at radius 3 is 2.45 bits per heavy atom. The molecule has 0 spiro atoms. The molecule has 0 aliphatic rings. The lowest BCUT2D eigenvalue weighted by molar-refractivity contribution is 0.222. The molecule has 0 aliphatic carbocycles. The van der Waals surface area contributed by atoms with Crippen molar-refractivity contribution in [3.63, 3.8) is 0 Å². The highest BCUT2D eigenvalue weighted by Gasteiger charge is 2.13. The second kappa shape index (κ2) is 8.53. The second-order valence-electron chi connectivity index (χ2n) is 5.53. The minimum Gasteiger partial charge on any atom is -0.490 e. The number of hydrogen-bond acceptors (Lipinski definition) is 3. The van der Waals surface area contributed by atoms with Gasteiger partial charge in [0.05, 0.1) is 17.2 Å². The summed E-state index contributed by atoms with van der Waals surface area (Å²) in [5.41, 5.74) is 1.19. The van der Waals surface area contributed by atoms with Crippen LogP contribution < -0.4 is 14.8 Å². The first kappa shape index (κ1) is 17.3. The van der Waals surface area contributed by atoms with Crippen LogP contribution in [0.1, 0.15) is 40.2 Å². The van der Waals surface area contributed by atoms with Gasteiger partial charge in [0.1, 0.15) is 0 Å². The molecule has 0 bridgehead atoms. The van der Waals surface area contributed by atoms with E-state index in [4.69, 9.17) is 9.47 Å². The number of halogens is 1. The molecule has 0 unspecified atom stereocenters. The fourth-order valence-electron chi connectivity index (χ4n) is 1.84. The van der Waals surface area contributed by atoms with E-state index in [-0.39, 0.29) is 6.10 Å². The van der Waals surface area contributed by atoms with E-state index in [1.807, 2.05) is 20.8 Å². The van der Waals surface area contributed by atoms with Crippen LogP contribution in [0.3, 0.4) is 0 Å². The third kappa shape index (κ3) is 5.71. The summed E-state index contributed by atoms with van der Waals surface area (Å²) in [4.78, 5) is 0. The zero-order valence-electron chi connectivity index (χ0n) is 13.1. The van der Waals surface area contributed by atoms with Gasteiger partial charge in [-0.1, -0.05) is 13.8 Å². The normalized spacial score (nSPS) is 11.2. The predicted octanol–water partition coefficient (Wildman–Crippen LogP) is 4.38. The monoisotopic (exact) mass is 343 g/mol. The van der Waals surface area contributed by atoms with E-state index in [1.54, 1.807) is 0 Å². The topological polar surface area (TPSA) is 30.5 Å². The van der Waals surface area contributed by atoms with Crippen molar-refractivity contribution < 1.29 is 9.47 Å². The van der Waals surface area contributed by atoms with Gasteiger partial charge < -0.3 is 14.8 Å². The van der Waals surface area contributed by atoms with Crippen LogP contribution in [0.25, 0.3) is 0 Å². The summed E-state index contributed by atoms with van der Waals surface area (Å²) in [5.74, 6) is 2.24. The van der Waals surface area contributed by atoms with E-state index >= 15 is 0 Å². The van der Waals surface area contributed by atoms with E-state index in [2.05, 4.69) is 47.2 Å². The van der Waals surface area contributed by atoms with Crippen molar-refractivity contribution in [3.05, 3.63) is 22.2 Å². The summed E-state index contributed by atoms with van der Waals surface area (Å²) in [7, 11) is 0. The van der Waals surface area contributed by atoms with Crippen LogP contribution in [0.4, 0.5) is 0 Å². The molecule has 1 rings (SSSR count). The van der Waals surface area contributed by atoms with Crippen molar-refractivity contribution in [2.45, 2.75) is 47.3 Å². The molecule has 0 radical (unpaired) electrons. The molecule has 1 aromatic rings. The number of nitrogens with one attached hydrogen (secondary N) is 1. The lowest BCUT2D eigenvalue weighted by atomic mass is 10.1. The first-order valence-corrected chi connectivity index (χ1v) is 8.05. The molecule has 0 heterocycles. The van der Waals surface area contributed by atoms with E-state index in [1.165, 1.54) is 5.56 Å². The Kier molecular flexibility index (Phi) is 7.38. The van der Waals surface area contributed by atoms with Crippen molar-refractivity contribution in [1.29, 1.82) is 0 Å². The van der Waals surface area contributed by atoms with E-state index in [0.717, 1.165) is 29.1 Å². The number of hydrogen-bond donors (Lipinski definition) is 1. The van der Waals surface area contributed by atoms with Crippen molar-refractivity contribution in [2.75, 3.05) is 13.2 Å². The Bertz CT molecular complexity index is 419. The number of rotatable bonds is 8. The molecule has 0 fully saturated rings. The van der Waals surface area contributed by atoms with E-state index < -0.39 is 0 Å². The molecular weight excluding hydrogens is 318 g/mol. The average Bonchev–Trinajstić information content (AvgIpc) is 2.33. The molecule has 0 atom stereocenters. The van der Waals surface area contributed by atoms with Crippen LogP contribution >= 0.6 is 15.9 Å². The van der Waals surface area contributed by atoms with Crippen molar-refractivity contribution >= 4 is 15.9 Å². The molecule has 0 saturated carbocycles. The van der Waals surface area contributed by atoms with E-state index in [9.17, 15) is 0 Å². The first-order valence-electron chi connectivity index (χ1n) is 7.26. The molecule has 114 valence electrons. The number of benzene rings is 1. The zero-order valence-corrected chi connectivity index (χ0v) is 14.7. The Hall–Kier alpha value is -0.740. The summed E-state index contributed by atoms with van der Waals surface area (Å²) in [5, 5.41) is 3.44. The van der Waals surface area contributed by atoms with Crippen LogP contribution in [0.5, 0.6) is 11.5 Å². The highest BCUT2D eigenvalue weighted by atomic mass is 79.9. The maximum atomic E-state index is 5.83. The Labute approximate surface area is 131 Å². The maximum absolute atomic E-state index is 5.83. The average molecular weight is 344 g/mol. The Morgan fingerprint density at radius 2 is 1.90 bits per heavy atom. The van der Waals surface area contributed by atoms with Gasteiger partial charge in [-0.2, -0.15) is 0 Å². The van der Waals surface area contributed by atoms with Gasteiger partial charge in [-0.25, -0.2) is 0 Å². The van der Waals surface area contributed by atoms with Gasteiger partial charge in [0, 0.05) is 6.54 Å². The zero-order chi connectivity index (χ0) is 15.1. The van der Waals surface area contributed by atoms with Gasteiger partial charge in [-0.15, -0.1) is 0 Å². The molecule has 20 heavy (non-hydrogen) atoms. The summed E-state index contributed by atoms with van der Waals surface area (Å²) in [6.45, 7) is 12.9. The highest BCUT2D eigenvalue weighted by Crippen LogP contribution is 2.37. The lowest BCUT2D eigenvalue weighted by Crippen LogP contribution is -2.19. The van der Waals surface area contributed by atoms with Gasteiger partial charge >= 0.3 is 0 Å². The summed E-state index contributed by atoms with van der Waals surface area (Å²) in [6.07, 6.45) is 0.121. The molecule has 0 amide bonds. The quantitative estimate of drug-likeness (QED) is 0.759. The van der Waals surface area contributed by atoms with Gasteiger partial charge in [0.2, 0.25) is 0 Å².